The van der Waals surface area contributed by atoms with Crippen molar-refractivity contribution in [2.24, 2.45) is 5.92 Å². The van der Waals surface area contributed by atoms with E-state index in [1.165, 1.54) is 0 Å². The molecule has 3 N–H and O–H groups in total. The van der Waals surface area contributed by atoms with Crippen molar-refractivity contribution in [3.05, 3.63) is 28.8 Å². The molecule has 0 spiro atoms. The minimum Gasteiger partial charge on any atom is -0.491 e. The lowest BCUT2D eigenvalue weighted by Gasteiger charge is -2.27. The summed E-state index contributed by atoms with van der Waals surface area (Å²) in [5, 5.41) is 14.6. The predicted molar refractivity (Wildman–Crippen MR) is 126 cm³/mol. The minimum atomic E-state index is -1.28. The average Bonchev–Trinajstić information content (AvgIpc) is 3.03. The smallest absolute Gasteiger partial charge is 0.405 e. The van der Waals surface area contributed by atoms with Gasteiger partial charge in [0.2, 0.25) is 11.8 Å². The topological polar surface area (TPSA) is 125 Å². The molecule has 2 atom stereocenters. The molecule has 1 saturated carbocycles. The summed E-state index contributed by atoms with van der Waals surface area (Å²) in [5.74, 6) is 0.256. The lowest BCUT2D eigenvalue weighted by Crippen LogP contribution is -2.50. The fourth-order valence-electron chi connectivity index (χ4n) is 4.61. The molecule has 1 aromatic rings. The molecule has 186 valence electrons. The molecule has 1 fully saturated rings. The van der Waals surface area contributed by atoms with E-state index in [1.54, 1.807) is 23.1 Å². The van der Waals surface area contributed by atoms with Crippen LogP contribution in [0.4, 0.5) is 4.79 Å². The number of carbonyl (C=O) groups is 4. The van der Waals surface area contributed by atoms with Gasteiger partial charge in [-0.1, -0.05) is 43.7 Å². The molecule has 0 radical (unpaired) electrons. The van der Waals surface area contributed by atoms with Crippen LogP contribution in [0.3, 0.4) is 0 Å². The number of ether oxygens (including phenoxy) is 1. The third kappa shape index (κ3) is 7.62. The van der Waals surface area contributed by atoms with Crippen LogP contribution in [0.1, 0.15) is 56.9 Å². The van der Waals surface area contributed by atoms with Gasteiger partial charge in [0.25, 0.3) is 0 Å². The van der Waals surface area contributed by atoms with Crippen molar-refractivity contribution in [2.75, 3.05) is 13.2 Å². The number of nitrogens with one attached hydrogen (secondary N) is 2. The molecule has 3 rings (SSSR count). The van der Waals surface area contributed by atoms with Crippen molar-refractivity contribution in [1.29, 1.82) is 0 Å². The van der Waals surface area contributed by atoms with Crippen molar-refractivity contribution in [2.45, 2.75) is 70.0 Å². The zero-order chi connectivity index (χ0) is 24.5. The SMILES string of the molecule is O=C[C@H](CCC(=O)N1CCOc2ccc(Cl)cc2C1)NC(=O)[C@H](CC1CCCCC1)NC(=O)O. The largest absolute Gasteiger partial charge is 0.491 e. The Kier molecular flexibility index (Phi) is 9.56. The van der Waals surface area contributed by atoms with E-state index in [4.69, 9.17) is 21.4 Å². The first-order valence-corrected chi connectivity index (χ1v) is 12.2. The Hall–Kier alpha value is -2.81. The summed E-state index contributed by atoms with van der Waals surface area (Å²) in [4.78, 5) is 50.0. The summed E-state index contributed by atoms with van der Waals surface area (Å²) >= 11 is 6.07. The van der Waals surface area contributed by atoms with Gasteiger partial charge < -0.3 is 30.2 Å². The van der Waals surface area contributed by atoms with Crippen LogP contribution in [0, 0.1) is 5.92 Å². The molecule has 0 saturated heterocycles. The summed E-state index contributed by atoms with van der Waals surface area (Å²) in [6, 6.07) is 3.46. The van der Waals surface area contributed by atoms with Crippen LogP contribution in [-0.4, -0.2) is 59.4 Å². The number of hydrogen-bond donors (Lipinski definition) is 3. The van der Waals surface area contributed by atoms with E-state index in [0.29, 0.717) is 43.2 Å². The Bertz CT molecular complexity index is 889. The third-order valence-electron chi connectivity index (χ3n) is 6.42. The van der Waals surface area contributed by atoms with E-state index < -0.39 is 24.1 Å². The summed E-state index contributed by atoms with van der Waals surface area (Å²) < 4.78 is 5.68. The van der Waals surface area contributed by atoms with Crippen LogP contribution in [0.2, 0.25) is 5.02 Å². The fourth-order valence-corrected chi connectivity index (χ4v) is 4.80. The van der Waals surface area contributed by atoms with Gasteiger partial charge in [-0.2, -0.15) is 0 Å². The molecule has 10 heteroatoms. The van der Waals surface area contributed by atoms with E-state index >= 15 is 0 Å². The standard InChI is InChI=1S/C24H32ClN3O6/c25-18-6-8-21-17(13-18)14-28(10-11-34-21)22(30)9-7-19(15-29)26-23(31)20(27-24(32)33)12-16-4-2-1-3-5-16/h6,8,13,15-16,19-20,27H,1-5,7,9-12,14H2,(H,26,31)(H,32,33)/t19-,20-/m0/s1. The first kappa shape index (κ1) is 25.8. The Morgan fingerprint density at radius 2 is 1.97 bits per heavy atom. The van der Waals surface area contributed by atoms with Crippen molar-refractivity contribution >= 4 is 35.8 Å². The highest BCUT2D eigenvalue weighted by atomic mass is 35.5. The number of benzene rings is 1. The summed E-state index contributed by atoms with van der Waals surface area (Å²) in [5.41, 5.74) is 0.809. The van der Waals surface area contributed by atoms with Gasteiger partial charge in [0.15, 0.2) is 0 Å². The van der Waals surface area contributed by atoms with Crippen LogP contribution >= 0.6 is 11.6 Å². The molecule has 0 aromatic heterocycles. The maximum absolute atomic E-state index is 12.8. The van der Waals surface area contributed by atoms with E-state index in [0.717, 1.165) is 37.7 Å². The van der Waals surface area contributed by atoms with Crippen molar-refractivity contribution in [3.8, 4) is 5.75 Å². The zero-order valence-electron chi connectivity index (χ0n) is 19.1. The van der Waals surface area contributed by atoms with Crippen LogP contribution in [0.25, 0.3) is 0 Å². The lowest BCUT2D eigenvalue weighted by atomic mass is 9.84. The first-order valence-electron chi connectivity index (χ1n) is 11.8. The number of rotatable bonds is 9. The van der Waals surface area contributed by atoms with Crippen molar-refractivity contribution < 1.29 is 29.0 Å². The van der Waals surface area contributed by atoms with Crippen LogP contribution < -0.4 is 15.4 Å². The molecule has 34 heavy (non-hydrogen) atoms. The van der Waals surface area contributed by atoms with Gasteiger partial charge in [0.1, 0.15) is 24.7 Å². The second-order valence-electron chi connectivity index (χ2n) is 8.95. The zero-order valence-corrected chi connectivity index (χ0v) is 19.9. The van der Waals surface area contributed by atoms with Crippen LogP contribution in [0.5, 0.6) is 5.75 Å². The van der Waals surface area contributed by atoms with Gasteiger partial charge in [-0.05, 0) is 37.0 Å². The summed E-state index contributed by atoms with van der Waals surface area (Å²) in [6.45, 7) is 1.09. The molecule has 1 aliphatic heterocycles. The maximum Gasteiger partial charge on any atom is 0.405 e. The van der Waals surface area contributed by atoms with Gasteiger partial charge in [-0.3, -0.25) is 9.59 Å². The second-order valence-corrected chi connectivity index (χ2v) is 9.38. The summed E-state index contributed by atoms with van der Waals surface area (Å²) in [7, 11) is 0. The monoisotopic (exact) mass is 493 g/mol. The van der Waals surface area contributed by atoms with Crippen LogP contribution in [0.15, 0.2) is 18.2 Å². The van der Waals surface area contributed by atoms with E-state index in [1.807, 2.05) is 0 Å². The highest BCUT2D eigenvalue weighted by Crippen LogP contribution is 2.28. The fraction of sp³-hybridized carbons (Fsp3) is 0.583. The number of carbonyl (C=O) groups excluding carboxylic acids is 3. The highest BCUT2D eigenvalue weighted by Gasteiger charge is 2.28. The number of aldehydes is 1. The quantitative estimate of drug-likeness (QED) is 0.454. The summed E-state index contributed by atoms with van der Waals surface area (Å²) in [6.07, 6.45) is 5.11. The molecule has 3 amide bonds. The molecule has 0 bridgehead atoms. The Labute approximate surface area is 204 Å². The second kappa shape index (κ2) is 12.6. The Morgan fingerprint density at radius 1 is 1.21 bits per heavy atom. The Morgan fingerprint density at radius 3 is 2.68 bits per heavy atom. The molecule has 1 aliphatic carbocycles. The lowest BCUT2D eigenvalue weighted by molar-refractivity contribution is -0.132. The number of fused-ring (bicyclic) bond motifs is 1. The first-order chi connectivity index (χ1) is 16.4. The van der Waals surface area contributed by atoms with Crippen molar-refractivity contribution in [3.63, 3.8) is 0 Å². The van der Waals surface area contributed by atoms with E-state index in [9.17, 15) is 19.2 Å². The molecule has 1 aromatic carbocycles. The van der Waals surface area contributed by atoms with Crippen molar-refractivity contribution in [1.82, 2.24) is 15.5 Å². The molecular formula is C24H32ClN3O6. The average molecular weight is 494 g/mol. The number of nitrogens with zero attached hydrogens (tertiary/aromatic N) is 1. The third-order valence-corrected chi connectivity index (χ3v) is 6.66. The number of hydrogen-bond acceptors (Lipinski definition) is 5. The van der Waals surface area contributed by atoms with Gasteiger partial charge >= 0.3 is 6.09 Å². The maximum atomic E-state index is 12.8. The normalized spacial score (nSPS) is 18.0. The van der Waals surface area contributed by atoms with E-state index in [2.05, 4.69) is 10.6 Å². The molecular weight excluding hydrogens is 462 g/mol. The molecule has 2 aliphatic rings. The molecule has 0 unspecified atom stereocenters. The number of amides is 3. The number of halogens is 1. The highest BCUT2D eigenvalue weighted by molar-refractivity contribution is 6.30. The number of carboxylic acid groups (broad SMARTS) is 1. The van der Waals surface area contributed by atoms with Gasteiger partial charge in [0, 0.05) is 23.6 Å². The minimum absolute atomic E-state index is 0.0548. The van der Waals surface area contributed by atoms with E-state index in [-0.39, 0.29) is 24.7 Å². The van der Waals surface area contributed by atoms with Crippen LogP contribution in [-0.2, 0) is 20.9 Å². The predicted octanol–water partition coefficient (Wildman–Crippen LogP) is 3.13. The van der Waals surface area contributed by atoms with Gasteiger partial charge in [-0.25, -0.2) is 4.79 Å². The Balaban J connectivity index is 1.54. The molecule has 9 nitrogen and oxygen atoms in total. The van der Waals surface area contributed by atoms with Gasteiger partial charge in [-0.15, -0.1) is 0 Å². The molecule has 1 heterocycles. The van der Waals surface area contributed by atoms with Gasteiger partial charge in [0.05, 0.1) is 12.6 Å².